The van der Waals surface area contributed by atoms with E-state index in [4.69, 9.17) is 10.5 Å². The first kappa shape index (κ1) is 26.0. The fraction of sp³-hybridized carbons (Fsp3) is 0.393. The van der Waals surface area contributed by atoms with Gasteiger partial charge >= 0.3 is 6.09 Å². The molecule has 1 amide bonds. The van der Waals surface area contributed by atoms with Gasteiger partial charge in [-0.2, -0.15) is 10.2 Å². The highest BCUT2D eigenvalue weighted by molar-refractivity contribution is 5.73. The molecule has 11 heteroatoms. The number of aromatic nitrogens is 3. The summed E-state index contributed by atoms with van der Waals surface area (Å²) in [4.78, 5) is 30.1. The van der Waals surface area contributed by atoms with Crippen LogP contribution in [0.5, 0.6) is 0 Å². The third-order valence-corrected chi connectivity index (χ3v) is 6.59. The van der Waals surface area contributed by atoms with Crippen LogP contribution in [0.2, 0.25) is 0 Å². The van der Waals surface area contributed by atoms with E-state index in [0.29, 0.717) is 36.5 Å². The Labute approximate surface area is 228 Å². The molecule has 0 aliphatic carbocycles. The SMILES string of the molecule is CC(C)(C)OC(=O)N1CCc2c(cc(Nc3ncc(C#N)c(Nc4cccc(N)n4)n3)cc2N2CCCC2)C1. The molecular weight excluding hydrogens is 494 g/mol. The van der Waals surface area contributed by atoms with Gasteiger partial charge < -0.3 is 30.9 Å². The summed E-state index contributed by atoms with van der Waals surface area (Å²) in [5, 5.41) is 16.0. The van der Waals surface area contributed by atoms with Crippen molar-refractivity contribution in [2.24, 2.45) is 0 Å². The monoisotopic (exact) mass is 527 g/mol. The van der Waals surface area contributed by atoms with Gasteiger partial charge in [0.1, 0.15) is 28.9 Å². The van der Waals surface area contributed by atoms with Crippen molar-refractivity contribution in [1.82, 2.24) is 19.9 Å². The second kappa shape index (κ2) is 10.6. The van der Waals surface area contributed by atoms with Crippen molar-refractivity contribution < 1.29 is 9.53 Å². The Morgan fingerprint density at radius 1 is 1.13 bits per heavy atom. The summed E-state index contributed by atoms with van der Waals surface area (Å²) in [6, 6.07) is 11.5. The smallest absolute Gasteiger partial charge is 0.410 e. The maximum absolute atomic E-state index is 12.8. The van der Waals surface area contributed by atoms with E-state index in [-0.39, 0.29) is 11.7 Å². The number of anilines is 6. The van der Waals surface area contributed by atoms with Gasteiger partial charge in [0, 0.05) is 37.6 Å². The van der Waals surface area contributed by atoms with E-state index in [0.717, 1.165) is 43.6 Å². The van der Waals surface area contributed by atoms with Crippen molar-refractivity contribution in [3.8, 4) is 6.07 Å². The first-order valence-electron chi connectivity index (χ1n) is 13.1. The van der Waals surface area contributed by atoms with Gasteiger partial charge in [-0.05, 0) is 75.4 Å². The van der Waals surface area contributed by atoms with Crippen LogP contribution in [-0.2, 0) is 17.7 Å². The number of nitriles is 1. The van der Waals surface area contributed by atoms with E-state index >= 15 is 0 Å². The normalized spacial score (nSPS) is 14.9. The first-order valence-corrected chi connectivity index (χ1v) is 13.1. The number of hydrogen-bond donors (Lipinski definition) is 3. The van der Waals surface area contributed by atoms with Crippen LogP contribution in [0.15, 0.2) is 36.5 Å². The van der Waals surface area contributed by atoms with E-state index in [1.165, 1.54) is 17.4 Å². The van der Waals surface area contributed by atoms with E-state index in [1.54, 1.807) is 23.1 Å². The fourth-order valence-electron chi connectivity index (χ4n) is 4.86. The lowest BCUT2D eigenvalue weighted by Crippen LogP contribution is -2.40. The molecule has 4 N–H and O–H groups in total. The second-order valence-corrected chi connectivity index (χ2v) is 10.7. The van der Waals surface area contributed by atoms with Crippen molar-refractivity contribution >= 4 is 40.9 Å². The predicted octanol–water partition coefficient (Wildman–Crippen LogP) is 4.71. The van der Waals surface area contributed by atoms with Gasteiger partial charge in [-0.15, -0.1) is 0 Å². The summed E-state index contributed by atoms with van der Waals surface area (Å²) >= 11 is 0. The topological polar surface area (TPSA) is 145 Å². The van der Waals surface area contributed by atoms with E-state index in [9.17, 15) is 10.1 Å². The lowest BCUT2D eigenvalue weighted by Gasteiger charge is -2.34. The standard InChI is InChI=1S/C28H33N9O2/c1-28(2,3)39-27(38)37-12-9-21-18(17-37)13-20(14-22(21)36-10-4-5-11-36)32-26-31-16-19(15-29)25(35-26)34-24-8-6-7-23(30)33-24/h6-8,13-14,16H,4-5,9-12,17H2,1-3H3,(H4,30,31,32,33,34,35). The molecule has 39 heavy (non-hydrogen) atoms. The number of benzene rings is 1. The molecule has 202 valence electrons. The van der Waals surface area contributed by atoms with Crippen molar-refractivity contribution in [2.45, 2.75) is 52.2 Å². The second-order valence-electron chi connectivity index (χ2n) is 10.7. The molecule has 4 heterocycles. The molecule has 1 saturated heterocycles. The van der Waals surface area contributed by atoms with Crippen molar-refractivity contribution in [2.75, 3.05) is 40.9 Å². The molecule has 0 bridgehead atoms. The molecule has 0 radical (unpaired) electrons. The number of nitrogens with one attached hydrogen (secondary N) is 2. The van der Waals surface area contributed by atoms with Crippen molar-refractivity contribution in [3.63, 3.8) is 0 Å². The van der Waals surface area contributed by atoms with Crippen LogP contribution in [0.3, 0.4) is 0 Å². The van der Waals surface area contributed by atoms with Crippen molar-refractivity contribution in [1.29, 1.82) is 5.26 Å². The maximum atomic E-state index is 12.8. The zero-order valence-corrected chi connectivity index (χ0v) is 22.5. The highest BCUT2D eigenvalue weighted by Crippen LogP contribution is 2.35. The fourth-order valence-corrected chi connectivity index (χ4v) is 4.86. The molecule has 0 unspecified atom stereocenters. The molecule has 0 saturated carbocycles. The minimum Gasteiger partial charge on any atom is -0.444 e. The number of rotatable bonds is 5. The molecule has 1 aromatic carbocycles. The number of fused-ring (bicyclic) bond motifs is 1. The first-order chi connectivity index (χ1) is 18.7. The van der Waals surface area contributed by atoms with Gasteiger partial charge in [-0.3, -0.25) is 0 Å². The predicted molar refractivity (Wildman–Crippen MR) is 150 cm³/mol. The van der Waals surface area contributed by atoms with Crippen LogP contribution < -0.4 is 21.3 Å². The van der Waals surface area contributed by atoms with Gasteiger partial charge in [0.15, 0.2) is 5.82 Å². The zero-order chi connectivity index (χ0) is 27.6. The minimum absolute atomic E-state index is 0.279. The Balaban J connectivity index is 1.45. The number of nitrogens with zero attached hydrogens (tertiary/aromatic N) is 6. The highest BCUT2D eigenvalue weighted by atomic mass is 16.6. The molecule has 11 nitrogen and oxygen atoms in total. The Morgan fingerprint density at radius 2 is 1.92 bits per heavy atom. The summed E-state index contributed by atoms with van der Waals surface area (Å²) in [6.07, 6.45) is 4.23. The summed E-state index contributed by atoms with van der Waals surface area (Å²) in [7, 11) is 0. The number of nitrogens with two attached hydrogens (primary N) is 1. The lowest BCUT2D eigenvalue weighted by molar-refractivity contribution is 0.0224. The van der Waals surface area contributed by atoms with Crippen LogP contribution in [0.25, 0.3) is 0 Å². The van der Waals surface area contributed by atoms with E-state index in [2.05, 4.69) is 42.6 Å². The van der Waals surface area contributed by atoms with Crippen molar-refractivity contribution in [3.05, 3.63) is 53.2 Å². The third kappa shape index (κ3) is 6.12. The molecule has 2 aliphatic rings. The molecule has 0 atom stereocenters. The molecule has 3 aromatic rings. The molecule has 0 spiro atoms. The quantitative estimate of drug-likeness (QED) is 0.426. The van der Waals surface area contributed by atoms with Gasteiger partial charge in [0.25, 0.3) is 0 Å². The average Bonchev–Trinajstić information content (AvgIpc) is 3.42. The minimum atomic E-state index is -0.554. The molecule has 1 fully saturated rings. The Bertz CT molecular complexity index is 1420. The van der Waals surface area contributed by atoms with E-state index < -0.39 is 5.60 Å². The Hall–Kier alpha value is -4.59. The Morgan fingerprint density at radius 3 is 2.64 bits per heavy atom. The molecule has 2 aromatic heterocycles. The number of pyridine rings is 1. The lowest BCUT2D eigenvalue weighted by atomic mass is 9.96. The van der Waals surface area contributed by atoms with Crippen LogP contribution in [0.4, 0.5) is 39.6 Å². The number of ether oxygens (including phenoxy) is 1. The molecule has 2 aliphatic heterocycles. The largest absolute Gasteiger partial charge is 0.444 e. The van der Waals surface area contributed by atoms with Gasteiger partial charge in [0.2, 0.25) is 5.95 Å². The summed E-state index contributed by atoms with van der Waals surface area (Å²) < 4.78 is 5.63. The van der Waals surface area contributed by atoms with Crippen LogP contribution in [-0.4, -0.2) is 51.2 Å². The van der Waals surface area contributed by atoms with E-state index in [1.807, 2.05) is 26.8 Å². The number of carbonyl (C=O) groups excluding carboxylic acids is 1. The zero-order valence-electron chi connectivity index (χ0n) is 22.5. The van der Waals surface area contributed by atoms with Crippen LogP contribution in [0.1, 0.15) is 50.3 Å². The summed E-state index contributed by atoms with van der Waals surface area (Å²) in [5.74, 6) is 1.48. The van der Waals surface area contributed by atoms with Gasteiger partial charge in [0.05, 0.1) is 6.20 Å². The number of amides is 1. The Kier molecular flexibility index (Phi) is 7.11. The summed E-state index contributed by atoms with van der Waals surface area (Å²) in [6.45, 7) is 8.70. The number of carbonyl (C=O) groups is 1. The van der Waals surface area contributed by atoms with Crippen LogP contribution >= 0.6 is 0 Å². The average molecular weight is 528 g/mol. The molecule has 5 rings (SSSR count). The third-order valence-electron chi connectivity index (χ3n) is 6.59. The molecular formula is C28H33N9O2. The number of hydrogen-bond acceptors (Lipinski definition) is 10. The summed E-state index contributed by atoms with van der Waals surface area (Å²) in [5.41, 5.74) is 9.83. The van der Waals surface area contributed by atoms with Crippen LogP contribution in [0, 0.1) is 11.3 Å². The highest BCUT2D eigenvalue weighted by Gasteiger charge is 2.29. The maximum Gasteiger partial charge on any atom is 0.410 e. The van der Waals surface area contributed by atoms with Gasteiger partial charge in [-0.25, -0.2) is 14.8 Å². The number of nitrogen functional groups attached to an aromatic ring is 1. The van der Waals surface area contributed by atoms with Gasteiger partial charge in [-0.1, -0.05) is 6.07 Å².